The Morgan fingerprint density at radius 3 is 2.33 bits per heavy atom. The molecule has 2 nitrogen and oxygen atoms in total. The van der Waals surface area contributed by atoms with Crippen LogP contribution in [-0.4, -0.2) is 20.8 Å². The van der Waals surface area contributed by atoms with Gasteiger partial charge in [-0.3, -0.25) is 4.99 Å². The van der Waals surface area contributed by atoms with Gasteiger partial charge in [-0.15, -0.1) is 0 Å². The summed E-state index contributed by atoms with van der Waals surface area (Å²) in [5.74, 6) is 0. The molecule has 0 amide bonds. The molecule has 2 rings (SSSR count). The quantitative estimate of drug-likeness (QED) is 0.676. The Morgan fingerprint density at radius 2 is 1.73 bits per heavy atom. The molecule has 0 atom stereocenters. The first-order valence-corrected chi connectivity index (χ1v) is 4.90. The Kier molecular flexibility index (Phi) is 2.42. The first kappa shape index (κ1) is 9.71. The number of rotatable bonds is 2. The van der Waals surface area contributed by atoms with Gasteiger partial charge in [0, 0.05) is 25.2 Å². The third-order valence-electron chi connectivity index (χ3n) is 2.51. The van der Waals surface area contributed by atoms with Gasteiger partial charge in [0.25, 0.3) is 0 Å². The van der Waals surface area contributed by atoms with E-state index in [-0.39, 0.29) is 0 Å². The van der Waals surface area contributed by atoms with E-state index in [0.29, 0.717) is 0 Å². The molecule has 2 heteroatoms. The van der Waals surface area contributed by atoms with Crippen LogP contribution in [0.1, 0.15) is 0 Å². The van der Waals surface area contributed by atoms with E-state index in [2.05, 4.69) is 40.9 Å². The first-order valence-electron chi connectivity index (χ1n) is 4.90. The summed E-state index contributed by atoms with van der Waals surface area (Å²) < 4.78 is 0. The van der Waals surface area contributed by atoms with Crippen molar-refractivity contribution in [2.24, 2.45) is 4.99 Å². The lowest BCUT2D eigenvalue weighted by Crippen LogP contribution is -2.08. The second-order valence-electron chi connectivity index (χ2n) is 3.70. The highest BCUT2D eigenvalue weighted by Gasteiger charge is 2.05. The van der Waals surface area contributed by atoms with Crippen molar-refractivity contribution in [1.82, 2.24) is 0 Å². The largest absolute Gasteiger partial charge is 0.377 e. The van der Waals surface area contributed by atoms with Crippen LogP contribution in [-0.2, 0) is 0 Å². The van der Waals surface area contributed by atoms with Gasteiger partial charge in [0.15, 0.2) is 0 Å². The summed E-state index contributed by atoms with van der Waals surface area (Å²) in [5.41, 5.74) is 2.12. The molecule has 0 aliphatic heterocycles. The lowest BCUT2D eigenvalue weighted by atomic mass is 10.1. The fourth-order valence-electron chi connectivity index (χ4n) is 1.81. The minimum Gasteiger partial charge on any atom is -0.377 e. The van der Waals surface area contributed by atoms with E-state index >= 15 is 0 Å². The topological polar surface area (TPSA) is 15.6 Å². The van der Waals surface area contributed by atoms with Crippen molar-refractivity contribution in [1.29, 1.82) is 0 Å². The summed E-state index contributed by atoms with van der Waals surface area (Å²) in [6.07, 6.45) is 0. The zero-order chi connectivity index (χ0) is 10.8. The van der Waals surface area contributed by atoms with Crippen LogP contribution in [0, 0.1) is 0 Å². The molecule has 0 unspecified atom stereocenters. The second-order valence-corrected chi connectivity index (χ2v) is 3.70. The Hall–Kier alpha value is -1.83. The molecule has 0 aromatic heterocycles. The van der Waals surface area contributed by atoms with E-state index < -0.39 is 0 Å². The average molecular weight is 198 g/mol. The molecule has 0 heterocycles. The minimum absolute atomic E-state index is 0.941. The van der Waals surface area contributed by atoms with E-state index in [1.165, 1.54) is 16.5 Å². The maximum absolute atomic E-state index is 4.07. The van der Waals surface area contributed by atoms with Gasteiger partial charge in [-0.1, -0.05) is 24.3 Å². The molecule has 2 aromatic rings. The lowest BCUT2D eigenvalue weighted by molar-refractivity contribution is 1.14. The number of anilines is 1. The zero-order valence-corrected chi connectivity index (χ0v) is 9.07. The molecule has 0 bridgehead atoms. The van der Waals surface area contributed by atoms with E-state index in [4.69, 9.17) is 0 Å². The van der Waals surface area contributed by atoms with Gasteiger partial charge < -0.3 is 4.90 Å². The molecule has 0 aliphatic rings. The van der Waals surface area contributed by atoms with Gasteiger partial charge in [-0.2, -0.15) is 0 Å². The van der Waals surface area contributed by atoms with Crippen molar-refractivity contribution in [2.45, 2.75) is 0 Å². The van der Waals surface area contributed by atoms with Crippen LogP contribution in [0.4, 0.5) is 11.4 Å². The van der Waals surface area contributed by atoms with Gasteiger partial charge >= 0.3 is 0 Å². The molecule has 0 radical (unpaired) electrons. The monoisotopic (exact) mass is 198 g/mol. The average Bonchev–Trinajstić information content (AvgIpc) is 2.27. The number of hydrogen-bond donors (Lipinski definition) is 0. The molecule has 76 valence electrons. The smallest absolute Gasteiger partial charge is 0.0721 e. The highest BCUT2D eigenvalue weighted by Crippen LogP contribution is 2.33. The summed E-state index contributed by atoms with van der Waals surface area (Å²) in [6.45, 7) is 3.61. The van der Waals surface area contributed by atoms with Gasteiger partial charge in [-0.25, -0.2) is 0 Å². The van der Waals surface area contributed by atoms with E-state index in [0.717, 1.165) is 5.69 Å². The van der Waals surface area contributed by atoms with Crippen molar-refractivity contribution < 1.29 is 0 Å². The maximum Gasteiger partial charge on any atom is 0.0721 e. The van der Waals surface area contributed by atoms with Crippen molar-refractivity contribution in [3.8, 4) is 0 Å². The van der Waals surface area contributed by atoms with Crippen LogP contribution < -0.4 is 4.90 Å². The fourth-order valence-corrected chi connectivity index (χ4v) is 1.81. The molecule has 2 aromatic carbocycles. The highest BCUT2D eigenvalue weighted by atomic mass is 15.1. The van der Waals surface area contributed by atoms with Crippen molar-refractivity contribution >= 4 is 28.9 Å². The minimum atomic E-state index is 0.941. The molecule has 0 saturated carbocycles. The third-order valence-corrected chi connectivity index (χ3v) is 2.51. The van der Waals surface area contributed by atoms with Crippen LogP contribution in [0.3, 0.4) is 0 Å². The van der Waals surface area contributed by atoms with Gasteiger partial charge in [0.1, 0.15) is 0 Å². The van der Waals surface area contributed by atoms with Crippen LogP contribution in [0.5, 0.6) is 0 Å². The summed E-state index contributed by atoms with van der Waals surface area (Å²) in [4.78, 5) is 6.16. The Balaban J connectivity index is 2.87. The first-order chi connectivity index (χ1) is 7.24. The molecular weight excluding hydrogens is 184 g/mol. The van der Waals surface area contributed by atoms with Crippen molar-refractivity contribution in [2.75, 3.05) is 19.0 Å². The van der Waals surface area contributed by atoms with Crippen LogP contribution in [0.15, 0.2) is 41.4 Å². The SMILES string of the molecule is C=Nc1cccc2cccc(N(C)C)c12. The summed E-state index contributed by atoms with van der Waals surface area (Å²) >= 11 is 0. The third kappa shape index (κ3) is 1.59. The van der Waals surface area contributed by atoms with Gasteiger partial charge in [0.05, 0.1) is 5.69 Å². The Morgan fingerprint density at radius 1 is 1.07 bits per heavy atom. The highest BCUT2D eigenvalue weighted by molar-refractivity contribution is 6.02. The standard InChI is InChI=1S/C13H14N2/c1-14-11-8-4-6-10-7-5-9-12(13(10)11)15(2)3/h4-9H,1H2,2-3H3. The maximum atomic E-state index is 4.07. The fraction of sp³-hybridized carbons (Fsp3) is 0.154. The normalized spacial score (nSPS) is 10.3. The molecule has 0 saturated heterocycles. The predicted molar refractivity (Wildman–Crippen MR) is 67.5 cm³/mol. The van der Waals surface area contributed by atoms with Crippen LogP contribution in [0.25, 0.3) is 10.8 Å². The molecule has 15 heavy (non-hydrogen) atoms. The second kappa shape index (κ2) is 3.73. The van der Waals surface area contributed by atoms with Crippen LogP contribution >= 0.6 is 0 Å². The summed E-state index contributed by atoms with van der Waals surface area (Å²) in [6, 6.07) is 12.3. The number of fused-ring (bicyclic) bond motifs is 1. The Bertz CT molecular complexity index is 496. The van der Waals surface area contributed by atoms with E-state index in [1.807, 2.05) is 26.2 Å². The number of hydrogen-bond acceptors (Lipinski definition) is 2. The van der Waals surface area contributed by atoms with Crippen LogP contribution in [0.2, 0.25) is 0 Å². The molecule has 0 aliphatic carbocycles. The van der Waals surface area contributed by atoms with Gasteiger partial charge in [0.2, 0.25) is 0 Å². The van der Waals surface area contributed by atoms with Crippen molar-refractivity contribution in [3.05, 3.63) is 36.4 Å². The molecule has 0 fully saturated rings. The predicted octanol–water partition coefficient (Wildman–Crippen LogP) is 3.24. The van der Waals surface area contributed by atoms with Gasteiger partial charge in [-0.05, 0) is 24.2 Å². The number of nitrogens with zero attached hydrogens (tertiary/aromatic N) is 2. The summed E-state index contributed by atoms with van der Waals surface area (Å²) in [7, 11) is 4.07. The Labute approximate surface area is 89.9 Å². The van der Waals surface area contributed by atoms with Crippen molar-refractivity contribution in [3.63, 3.8) is 0 Å². The van der Waals surface area contributed by atoms with E-state index in [9.17, 15) is 0 Å². The molecule has 0 spiro atoms. The van der Waals surface area contributed by atoms with E-state index in [1.54, 1.807) is 0 Å². The lowest BCUT2D eigenvalue weighted by Gasteiger charge is -2.16. The zero-order valence-electron chi connectivity index (χ0n) is 9.07. The molecule has 0 N–H and O–H groups in total. The number of benzene rings is 2. The summed E-state index contributed by atoms with van der Waals surface area (Å²) in [5, 5.41) is 2.37. The molecular formula is C13H14N2. The number of aliphatic imine (C=N–C) groups is 1.